The van der Waals surface area contributed by atoms with Crippen LogP contribution in [-0.2, 0) is 0 Å². The van der Waals surface area contributed by atoms with Crippen molar-refractivity contribution in [3.8, 4) is 0 Å². The van der Waals surface area contributed by atoms with Crippen molar-refractivity contribution in [3.05, 3.63) is 0 Å². The Labute approximate surface area is 37.4 Å². The minimum atomic E-state index is -0.481. The fraction of sp³-hybridized carbons (Fsp3) is 1.00. The van der Waals surface area contributed by atoms with Gasteiger partial charge in [0.25, 0.3) is 0 Å². The van der Waals surface area contributed by atoms with Crippen molar-refractivity contribution in [2.45, 2.75) is 20.0 Å². The molecule has 0 bridgehead atoms. The normalized spacial score (nSPS) is 55.5. The summed E-state index contributed by atoms with van der Waals surface area (Å²) in [6, 6.07) is 0. The molecule has 0 aromatic rings. The van der Waals surface area contributed by atoms with E-state index in [0.29, 0.717) is 11.8 Å². The highest BCUT2D eigenvalue weighted by Crippen LogP contribution is 2.40. The quantitative estimate of drug-likeness (QED) is 0.422. The van der Waals surface area contributed by atoms with E-state index in [1.807, 2.05) is 13.8 Å². The molecule has 0 aromatic heterocycles. The molecule has 1 aliphatic carbocycles. The Bertz CT molecular complexity index is 40.7. The lowest BCUT2D eigenvalue weighted by atomic mass is 10.4. The Morgan fingerprint density at radius 1 is 1.17 bits per heavy atom. The Kier molecular flexibility index (Phi) is 0.652. The number of rotatable bonds is 0. The Balaban J connectivity index is 2.31. The predicted octanol–water partition coefficient (Wildman–Crippen LogP) is 1.61. The van der Waals surface area contributed by atoms with Gasteiger partial charge in [-0.25, -0.2) is 4.39 Å². The third-order valence-electron chi connectivity index (χ3n) is 1.69. The number of hydrogen-bond donors (Lipinski definition) is 0. The van der Waals surface area contributed by atoms with Crippen LogP contribution < -0.4 is 0 Å². The molecule has 0 nitrogen and oxygen atoms in total. The molecule has 0 saturated heterocycles. The van der Waals surface area contributed by atoms with Gasteiger partial charge in [-0.05, 0) is 11.8 Å². The molecule has 1 fully saturated rings. The van der Waals surface area contributed by atoms with Crippen LogP contribution in [0, 0.1) is 11.8 Å². The summed E-state index contributed by atoms with van der Waals surface area (Å²) in [6.45, 7) is 3.88. The van der Waals surface area contributed by atoms with E-state index >= 15 is 0 Å². The summed E-state index contributed by atoms with van der Waals surface area (Å²) in [5.41, 5.74) is 0. The molecule has 0 heterocycles. The lowest BCUT2D eigenvalue weighted by molar-refractivity contribution is 0.440. The number of alkyl halides is 1. The molecular weight excluding hydrogens is 79.1 g/mol. The van der Waals surface area contributed by atoms with Crippen LogP contribution in [0.25, 0.3) is 0 Å². The third-order valence-corrected chi connectivity index (χ3v) is 1.69. The summed E-state index contributed by atoms with van der Waals surface area (Å²) in [5, 5.41) is 0. The predicted molar refractivity (Wildman–Crippen MR) is 23.2 cm³/mol. The first-order chi connectivity index (χ1) is 2.73. The third kappa shape index (κ3) is 0.342. The highest BCUT2D eigenvalue weighted by atomic mass is 19.1. The van der Waals surface area contributed by atoms with Crippen LogP contribution in [0.1, 0.15) is 13.8 Å². The molecule has 0 unspecified atom stereocenters. The zero-order chi connectivity index (χ0) is 4.73. The van der Waals surface area contributed by atoms with Gasteiger partial charge in [0.15, 0.2) is 0 Å². The summed E-state index contributed by atoms with van der Waals surface area (Å²) in [7, 11) is 0. The standard InChI is InChI=1S/C5H9F/c1-3-4(2)5(3)6/h3-5H,1-2H3/t3-,4+,5+. The van der Waals surface area contributed by atoms with Crippen LogP contribution in [0.3, 0.4) is 0 Å². The van der Waals surface area contributed by atoms with Gasteiger partial charge >= 0.3 is 0 Å². The lowest BCUT2D eigenvalue weighted by Gasteiger charge is -1.64. The van der Waals surface area contributed by atoms with Crippen molar-refractivity contribution < 1.29 is 4.39 Å². The number of hydrogen-bond acceptors (Lipinski definition) is 0. The molecule has 6 heavy (non-hydrogen) atoms. The minimum Gasteiger partial charge on any atom is -0.247 e. The van der Waals surface area contributed by atoms with Gasteiger partial charge in [-0.15, -0.1) is 0 Å². The van der Waals surface area contributed by atoms with E-state index in [1.54, 1.807) is 0 Å². The van der Waals surface area contributed by atoms with Crippen LogP contribution in [0.4, 0.5) is 4.39 Å². The largest absolute Gasteiger partial charge is 0.247 e. The molecule has 0 spiro atoms. The SMILES string of the molecule is C[C@@H]1[C@H](C)[C@H]1F. The zero-order valence-corrected chi connectivity index (χ0v) is 4.11. The fourth-order valence-corrected chi connectivity index (χ4v) is 0.602. The Morgan fingerprint density at radius 2 is 1.33 bits per heavy atom. The van der Waals surface area contributed by atoms with Gasteiger partial charge in [0.05, 0.1) is 0 Å². The molecular formula is C5H9F. The lowest BCUT2D eigenvalue weighted by Crippen LogP contribution is -1.65. The van der Waals surface area contributed by atoms with E-state index < -0.39 is 6.17 Å². The van der Waals surface area contributed by atoms with E-state index in [0.717, 1.165) is 0 Å². The highest BCUT2D eigenvalue weighted by Gasteiger charge is 2.43. The van der Waals surface area contributed by atoms with Crippen molar-refractivity contribution in [2.75, 3.05) is 0 Å². The smallest absolute Gasteiger partial charge is 0.106 e. The van der Waals surface area contributed by atoms with Gasteiger partial charge in [-0.3, -0.25) is 0 Å². The Morgan fingerprint density at radius 3 is 1.33 bits per heavy atom. The van der Waals surface area contributed by atoms with Gasteiger partial charge < -0.3 is 0 Å². The van der Waals surface area contributed by atoms with E-state index in [4.69, 9.17) is 0 Å². The second-order valence-electron chi connectivity index (χ2n) is 2.16. The summed E-state index contributed by atoms with van der Waals surface area (Å²) >= 11 is 0. The maximum absolute atomic E-state index is 11.9. The first-order valence-electron chi connectivity index (χ1n) is 2.37. The number of halogens is 1. The average molecular weight is 88.1 g/mol. The van der Waals surface area contributed by atoms with E-state index in [1.165, 1.54) is 0 Å². The Hall–Kier alpha value is -0.0700. The molecule has 1 heteroatoms. The van der Waals surface area contributed by atoms with Gasteiger partial charge in [-0.2, -0.15) is 0 Å². The first kappa shape index (κ1) is 4.10. The minimum absolute atomic E-state index is 0.352. The van der Waals surface area contributed by atoms with E-state index in [2.05, 4.69) is 0 Å². The molecule has 1 rings (SSSR count). The molecule has 0 aromatic carbocycles. The molecule has 0 radical (unpaired) electrons. The maximum atomic E-state index is 11.9. The fourth-order valence-electron chi connectivity index (χ4n) is 0.602. The molecule has 1 aliphatic rings. The van der Waals surface area contributed by atoms with Crippen molar-refractivity contribution in [1.29, 1.82) is 0 Å². The van der Waals surface area contributed by atoms with Crippen LogP contribution in [0.5, 0.6) is 0 Å². The molecule has 1 saturated carbocycles. The summed E-state index contributed by atoms with van der Waals surface area (Å²) in [4.78, 5) is 0. The first-order valence-corrected chi connectivity index (χ1v) is 2.37. The average Bonchev–Trinajstić information content (AvgIpc) is 1.94. The summed E-state index contributed by atoms with van der Waals surface area (Å²) in [6.07, 6.45) is -0.481. The van der Waals surface area contributed by atoms with Crippen molar-refractivity contribution >= 4 is 0 Å². The second kappa shape index (κ2) is 0.955. The zero-order valence-electron chi connectivity index (χ0n) is 4.11. The van der Waals surface area contributed by atoms with Crippen molar-refractivity contribution in [1.82, 2.24) is 0 Å². The molecule has 0 amide bonds. The van der Waals surface area contributed by atoms with E-state index in [9.17, 15) is 4.39 Å². The molecule has 36 valence electrons. The van der Waals surface area contributed by atoms with Crippen molar-refractivity contribution in [3.63, 3.8) is 0 Å². The highest BCUT2D eigenvalue weighted by molar-refractivity contribution is 4.90. The second-order valence-corrected chi connectivity index (χ2v) is 2.16. The van der Waals surface area contributed by atoms with Crippen molar-refractivity contribution in [2.24, 2.45) is 11.8 Å². The van der Waals surface area contributed by atoms with Crippen LogP contribution >= 0.6 is 0 Å². The molecule has 0 aliphatic heterocycles. The molecule has 3 atom stereocenters. The van der Waals surface area contributed by atoms with Gasteiger partial charge in [0, 0.05) is 0 Å². The summed E-state index contributed by atoms with van der Waals surface area (Å²) in [5.74, 6) is 0.704. The van der Waals surface area contributed by atoms with Gasteiger partial charge in [0.2, 0.25) is 0 Å². The van der Waals surface area contributed by atoms with Crippen LogP contribution in [0.2, 0.25) is 0 Å². The van der Waals surface area contributed by atoms with Gasteiger partial charge in [-0.1, -0.05) is 13.8 Å². The topological polar surface area (TPSA) is 0 Å². The molecule has 0 N–H and O–H groups in total. The van der Waals surface area contributed by atoms with Crippen LogP contribution in [0.15, 0.2) is 0 Å². The monoisotopic (exact) mass is 88.1 g/mol. The maximum Gasteiger partial charge on any atom is 0.106 e. The summed E-state index contributed by atoms with van der Waals surface area (Å²) < 4.78 is 11.9. The van der Waals surface area contributed by atoms with Crippen LogP contribution in [-0.4, -0.2) is 6.17 Å². The van der Waals surface area contributed by atoms with E-state index in [-0.39, 0.29) is 0 Å². The van der Waals surface area contributed by atoms with Gasteiger partial charge in [0.1, 0.15) is 6.17 Å².